The van der Waals surface area contributed by atoms with Crippen molar-refractivity contribution in [1.82, 2.24) is 10.2 Å². The van der Waals surface area contributed by atoms with E-state index < -0.39 is 0 Å². The summed E-state index contributed by atoms with van der Waals surface area (Å²) >= 11 is 0. The molecule has 0 radical (unpaired) electrons. The molecule has 0 aliphatic carbocycles. The second-order valence-electron chi connectivity index (χ2n) is 5.31. The van der Waals surface area contributed by atoms with E-state index in [0.29, 0.717) is 6.04 Å². The molecule has 0 amide bonds. The molecule has 0 bridgehead atoms. The molecule has 3 nitrogen and oxygen atoms in total. The standard InChI is InChI=1S/C14H30N2O/c1-4-8-15-12-14-5-9-16(10-6-14)13(2)7-11-17-3/h13-15H,4-12H2,1-3H3. The molecule has 3 heteroatoms. The zero-order valence-corrected chi connectivity index (χ0v) is 11.9. The topological polar surface area (TPSA) is 24.5 Å². The van der Waals surface area contributed by atoms with E-state index >= 15 is 0 Å². The molecule has 1 rings (SSSR count). The van der Waals surface area contributed by atoms with Gasteiger partial charge in [0.15, 0.2) is 0 Å². The fraction of sp³-hybridized carbons (Fsp3) is 1.00. The molecule has 0 aromatic carbocycles. The van der Waals surface area contributed by atoms with Crippen LogP contribution in [0, 0.1) is 5.92 Å². The highest BCUT2D eigenvalue weighted by molar-refractivity contribution is 4.77. The number of piperidine rings is 1. The molecule has 17 heavy (non-hydrogen) atoms. The second-order valence-corrected chi connectivity index (χ2v) is 5.31. The van der Waals surface area contributed by atoms with Crippen LogP contribution in [0.15, 0.2) is 0 Å². The first-order valence-electron chi connectivity index (χ1n) is 7.21. The summed E-state index contributed by atoms with van der Waals surface area (Å²) in [5.41, 5.74) is 0. The van der Waals surface area contributed by atoms with Crippen LogP contribution in [-0.2, 0) is 4.74 Å². The van der Waals surface area contributed by atoms with E-state index in [9.17, 15) is 0 Å². The van der Waals surface area contributed by atoms with Gasteiger partial charge in [-0.15, -0.1) is 0 Å². The molecule has 1 atom stereocenters. The van der Waals surface area contributed by atoms with Crippen LogP contribution in [0.5, 0.6) is 0 Å². The first kappa shape index (κ1) is 14.9. The molecule has 0 saturated carbocycles. The fourth-order valence-corrected chi connectivity index (χ4v) is 2.55. The van der Waals surface area contributed by atoms with E-state index in [1.807, 2.05) is 0 Å². The molecule has 1 heterocycles. The lowest BCUT2D eigenvalue weighted by molar-refractivity contribution is 0.106. The Bertz CT molecular complexity index is 179. The van der Waals surface area contributed by atoms with Crippen LogP contribution in [0.1, 0.15) is 39.5 Å². The van der Waals surface area contributed by atoms with Crippen LogP contribution in [-0.4, -0.2) is 50.8 Å². The fourth-order valence-electron chi connectivity index (χ4n) is 2.55. The molecular formula is C14H30N2O. The van der Waals surface area contributed by atoms with Crippen molar-refractivity contribution in [2.45, 2.75) is 45.6 Å². The van der Waals surface area contributed by atoms with E-state index in [0.717, 1.165) is 18.9 Å². The maximum Gasteiger partial charge on any atom is 0.0477 e. The Balaban J connectivity index is 2.12. The Morgan fingerprint density at radius 2 is 2.06 bits per heavy atom. The van der Waals surface area contributed by atoms with Gasteiger partial charge in [-0.05, 0) is 64.7 Å². The minimum Gasteiger partial charge on any atom is -0.385 e. The number of ether oxygens (including phenoxy) is 1. The third kappa shape index (κ3) is 5.84. The van der Waals surface area contributed by atoms with Crippen LogP contribution in [0.25, 0.3) is 0 Å². The van der Waals surface area contributed by atoms with Gasteiger partial charge in [-0.1, -0.05) is 6.92 Å². The predicted octanol–water partition coefficient (Wildman–Crippen LogP) is 2.12. The molecule has 0 spiro atoms. The Kier molecular flexibility index (Phi) is 7.82. The third-order valence-corrected chi connectivity index (χ3v) is 3.87. The number of nitrogens with one attached hydrogen (secondary N) is 1. The van der Waals surface area contributed by atoms with Gasteiger partial charge < -0.3 is 15.0 Å². The first-order valence-corrected chi connectivity index (χ1v) is 7.21. The largest absolute Gasteiger partial charge is 0.385 e. The van der Waals surface area contributed by atoms with Gasteiger partial charge in [0, 0.05) is 19.8 Å². The van der Waals surface area contributed by atoms with E-state index in [-0.39, 0.29) is 0 Å². The molecule has 1 aliphatic rings. The first-order chi connectivity index (χ1) is 8.27. The van der Waals surface area contributed by atoms with Gasteiger partial charge in [-0.25, -0.2) is 0 Å². The molecule has 1 unspecified atom stereocenters. The highest BCUT2D eigenvalue weighted by Gasteiger charge is 2.21. The molecule has 1 N–H and O–H groups in total. The number of hydrogen-bond acceptors (Lipinski definition) is 3. The van der Waals surface area contributed by atoms with Gasteiger partial charge in [0.1, 0.15) is 0 Å². The highest BCUT2D eigenvalue weighted by atomic mass is 16.5. The highest BCUT2D eigenvalue weighted by Crippen LogP contribution is 2.19. The summed E-state index contributed by atoms with van der Waals surface area (Å²) in [6.45, 7) is 10.4. The minimum atomic E-state index is 0.680. The van der Waals surface area contributed by atoms with E-state index in [2.05, 4.69) is 24.1 Å². The molecule has 0 aromatic heterocycles. The zero-order valence-electron chi connectivity index (χ0n) is 11.9. The third-order valence-electron chi connectivity index (χ3n) is 3.87. The summed E-state index contributed by atoms with van der Waals surface area (Å²) in [7, 11) is 1.79. The van der Waals surface area contributed by atoms with Crippen molar-refractivity contribution in [3.05, 3.63) is 0 Å². The smallest absolute Gasteiger partial charge is 0.0477 e. The number of likely N-dealkylation sites (tertiary alicyclic amines) is 1. The van der Waals surface area contributed by atoms with Crippen LogP contribution in [0.4, 0.5) is 0 Å². The van der Waals surface area contributed by atoms with Gasteiger partial charge in [0.2, 0.25) is 0 Å². The molecule has 1 fully saturated rings. The predicted molar refractivity (Wildman–Crippen MR) is 73.4 cm³/mol. The number of hydrogen-bond donors (Lipinski definition) is 1. The van der Waals surface area contributed by atoms with Crippen LogP contribution >= 0.6 is 0 Å². The quantitative estimate of drug-likeness (QED) is 0.660. The average molecular weight is 242 g/mol. The molecule has 0 aromatic rings. The molecule has 1 aliphatic heterocycles. The lowest BCUT2D eigenvalue weighted by Gasteiger charge is -2.36. The summed E-state index contributed by atoms with van der Waals surface area (Å²) in [6, 6.07) is 0.680. The Labute approximate surface area is 107 Å². The summed E-state index contributed by atoms with van der Waals surface area (Å²) in [5, 5.41) is 3.54. The Morgan fingerprint density at radius 1 is 1.35 bits per heavy atom. The monoisotopic (exact) mass is 242 g/mol. The molecule has 1 saturated heterocycles. The van der Waals surface area contributed by atoms with E-state index in [1.165, 1.54) is 45.4 Å². The van der Waals surface area contributed by atoms with Crippen molar-refractivity contribution in [1.29, 1.82) is 0 Å². The summed E-state index contributed by atoms with van der Waals surface area (Å²) in [4.78, 5) is 2.62. The number of methoxy groups -OCH3 is 1. The van der Waals surface area contributed by atoms with Gasteiger partial charge >= 0.3 is 0 Å². The van der Waals surface area contributed by atoms with Crippen molar-refractivity contribution in [3.63, 3.8) is 0 Å². The lowest BCUT2D eigenvalue weighted by Crippen LogP contribution is -2.42. The Hall–Kier alpha value is -0.120. The minimum absolute atomic E-state index is 0.680. The normalized spacial score (nSPS) is 20.6. The SMILES string of the molecule is CCCNCC1CCN(C(C)CCOC)CC1. The van der Waals surface area contributed by atoms with Crippen molar-refractivity contribution in [2.24, 2.45) is 5.92 Å². The number of nitrogens with zero attached hydrogens (tertiary/aromatic N) is 1. The van der Waals surface area contributed by atoms with E-state index in [1.54, 1.807) is 7.11 Å². The van der Waals surface area contributed by atoms with Crippen LogP contribution < -0.4 is 5.32 Å². The van der Waals surface area contributed by atoms with Crippen molar-refractivity contribution >= 4 is 0 Å². The van der Waals surface area contributed by atoms with Gasteiger partial charge in [0.25, 0.3) is 0 Å². The van der Waals surface area contributed by atoms with Crippen LogP contribution in [0.2, 0.25) is 0 Å². The van der Waals surface area contributed by atoms with Gasteiger partial charge in [0.05, 0.1) is 0 Å². The second kappa shape index (κ2) is 8.90. The summed E-state index contributed by atoms with van der Waals surface area (Å²) < 4.78 is 5.15. The van der Waals surface area contributed by atoms with Gasteiger partial charge in [-0.2, -0.15) is 0 Å². The van der Waals surface area contributed by atoms with E-state index in [4.69, 9.17) is 4.74 Å². The summed E-state index contributed by atoms with van der Waals surface area (Å²) in [6.07, 6.45) is 5.12. The maximum atomic E-state index is 5.15. The molecule has 102 valence electrons. The number of rotatable bonds is 8. The maximum absolute atomic E-state index is 5.15. The van der Waals surface area contributed by atoms with Gasteiger partial charge in [-0.3, -0.25) is 0 Å². The van der Waals surface area contributed by atoms with Crippen molar-refractivity contribution in [2.75, 3.05) is 39.9 Å². The average Bonchev–Trinajstić information content (AvgIpc) is 2.37. The van der Waals surface area contributed by atoms with Crippen LogP contribution in [0.3, 0.4) is 0 Å². The Morgan fingerprint density at radius 3 is 2.65 bits per heavy atom. The summed E-state index contributed by atoms with van der Waals surface area (Å²) in [5.74, 6) is 0.896. The zero-order chi connectivity index (χ0) is 12.5. The van der Waals surface area contributed by atoms with Crippen molar-refractivity contribution < 1.29 is 4.74 Å². The molecular weight excluding hydrogens is 212 g/mol. The van der Waals surface area contributed by atoms with Crippen molar-refractivity contribution in [3.8, 4) is 0 Å². The lowest BCUT2D eigenvalue weighted by atomic mass is 9.95.